The topological polar surface area (TPSA) is 129 Å². The van der Waals surface area contributed by atoms with E-state index in [2.05, 4.69) is 10.6 Å². The largest absolute Gasteiger partial charge is 0.506 e. The van der Waals surface area contributed by atoms with Crippen LogP contribution in [0.25, 0.3) is 0 Å². The quantitative estimate of drug-likeness (QED) is 0.570. The summed E-state index contributed by atoms with van der Waals surface area (Å²) in [5, 5.41) is 14.9. The molecule has 2 aromatic rings. The van der Waals surface area contributed by atoms with Crippen molar-refractivity contribution in [2.45, 2.75) is 31.7 Å². The number of nitrogens with zero attached hydrogens (tertiary/aromatic N) is 1. The number of aromatic hydroxyl groups is 1. The second-order valence-corrected chi connectivity index (χ2v) is 7.90. The van der Waals surface area contributed by atoms with Crippen LogP contribution in [0.2, 0.25) is 0 Å². The Bertz CT molecular complexity index is 936. The maximum absolute atomic E-state index is 12.6. The van der Waals surface area contributed by atoms with Gasteiger partial charge in [-0.05, 0) is 31.2 Å². The highest BCUT2D eigenvalue weighted by atomic mass is 32.2. The van der Waals surface area contributed by atoms with Crippen molar-refractivity contribution in [3.8, 4) is 5.75 Å². The van der Waals surface area contributed by atoms with Gasteiger partial charge in [0.1, 0.15) is 18.1 Å². The summed E-state index contributed by atoms with van der Waals surface area (Å²) in [6.45, 7) is 5.47. The van der Waals surface area contributed by atoms with E-state index in [1.54, 1.807) is 13.8 Å². The summed E-state index contributed by atoms with van der Waals surface area (Å²) in [6.07, 6.45) is 2.58. The number of carbonyl (C=O) groups excluding carboxylic acids is 2. The third-order valence-corrected chi connectivity index (χ3v) is 6.14. The molecule has 2 amide bonds. The molecule has 0 spiro atoms. The molecule has 3 N–H and O–H groups in total. The van der Waals surface area contributed by atoms with Crippen molar-refractivity contribution in [1.82, 2.24) is 9.62 Å². The van der Waals surface area contributed by atoms with E-state index < -0.39 is 27.9 Å². The number of phenolic OH excluding ortho intramolecular Hbond substituents is 1. The number of rotatable bonds is 8. The van der Waals surface area contributed by atoms with Crippen molar-refractivity contribution in [1.29, 1.82) is 0 Å². The Labute approximate surface area is 163 Å². The lowest BCUT2D eigenvalue weighted by Gasteiger charge is -2.19. The molecule has 0 bridgehead atoms. The van der Waals surface area contributed by atoms with Crippen LogP contribution in [0.3, 0.4) is 0 Å². The minimum absolute atomic E-state index is 0.0561. The van der Waals surface area contributed by atoms with Crippen LogP contribution < -0.4 is 10.6 Å². The van der Waals surface area contributed by atoms with Gasteiger partial charge in [-0.3, -0.25) is 9.59 Å². The summed E-state index contributed by atoms with van der Waals surface area (Å²) in [7, 11) is -3.75. The van der Waals surface area contributed by atoms with Gasteiger partial charge in [0.2, 0.25) is 15.9 Å². The summed E-state index contributed by atoms with van der Waals surface area (Å²) >= 11 is 0. The molecule has 10 heteroatoms. The summed E-state index contributed by atoms with van der Waals surface area (Å²) in [6, 6.07) is 4.16. The zero-order valence-corrected chi connectivity index (χ0v) is 16.6. The second kappa shape index (κ2) is 8.89. The minimum atomic E-state index is -3.75. The molecule has 152 valence electrons. The molecule has 1 atom stereocenters. The third kappa shape index (κ3) is 4.70. The number of hydrogen-bond donors (Lipinski definition) is 3. The Morgan fingerprint density at radius 3 is 2.46 bits per heavy atom. The normalized spacial score (nSPS) is 12.6. The molecule has 28 heavy (non-hydrogen) atoms. The molecule has 1 aromatic heterocycles. The van der Waals surface area contributed by atoms with E-state index in [0.717, 1.165) is 0 Å². The zero-order valence-electron chi connectivity index (χ0n) is 15.8. The summed E-state index contributed by atoms with van der Waals surface area (Å²) in [4.78, 5) is 24.3. The van der Waals surface area contributed by atoms with E-state index in [1.807, 2.05) is 0 Å². The van der Waals surface area contributed by atoms with E-state index in [-0.39, 0.29) is 21.9 Å². The number of phenols is 1. The van der Waals surface area contributed by atoms with E-state index >= 15 is 0 Å². The van der Waals surface area contributed by atoms with Crippen molar-refractivity contribution in [2.75, 3.05) is 18.4 Å². The first-order valence-electron chi connectivity index (χ1n) is 8.67. The number of benzene rings is 1. The smallest absolute Gasteiger partial charge is 0.255 e. The first-order valence-corrected chi connectivity index (χ1v) is 10.1. The van der Waals surface area contributed by atoms with Gasteiger partial charge < -0.3 is 20.2 Å². The Morgan fingerprint density at radius 2 is 1.89 bits per heavy atom. The molecule has 0 fully saturated rings. The van der Waals surface area contributed by atoms with Crippen molar-refractivity contribution in [3.63, 3.8) is 0 Å². The van der Waals surface area contributed by atoms with Gasteiger partial charge in [-0.25, -0.2) is 8.42 Å². The lowest BCUT2D eigenvalue weighted by molar-refractivity contribution is -0.117. The molecule has 0 aliphatic carbocycles. The van der Waals surface area contributed by atoms with Crippen molar-refractivity contribution >= 4 is 27.5 Å². The van der Waals surface area contributed by atoms with Crippen LogP contribution in [0.4, 0.5) is 5.69 Å². The van der Waals surface area contributed by atoms with E-state index in [9.17, 15) is 23.1 Å². The molecular formula is C18H23N3O6S. The SMILES string of the molecule is CCN(CC)S(=O)(=O)c1ccc(O)c(NC(=O)[C@H](C)NC(=O)c2ccoc2)c1. The summed E-state index contributed by atoms with van der Waals surface area (Å²) < 4.78 is 31.3. The number of nitrogens with one attached hydrogen (secondary N) is 2. The summed E-state index contributed by atoms with van der Waals surface area (Å²) in [5.74, 6) is -1.41. The number of anilines is 1. The van der Waals surface area contributed by atoms with Crippen LogP contribution in [0.5, 0.6) is 5.75 Å². The highest BCUT2D eigenvalue weighted by molar-refractivity contribution is 7.89. The fourth-order valence-corrected chi connectivity index (χ4v) is 3.95. The molecule has 1 aromatic carbocycles. The number of hydrogen-bond acceptors (Lipinski definition) is 6. The van der Waals surface area contributed by atoms with Crippen molar-refractivity contribution < 1.29 is 27.5 Å². The Hall–Kier alpha value is -2.85. The minimum Gasteiger partial charge on any atom is -0.506 e. The average Bonchev–Trinajstić information content (AvgIpc) is 3.18. The van der Waals surface area contributed by atoms with Gasteiger partial charge in [0.05, 0.1) is 22.4 Å². The van der Waals surface area contributed by atoms with E-state index in [0.29, 0.717) is 13.1 Å². The predicted molar refractivity (Wildman–Crippen MR) is 102 cm³/mol. The zero-order chi connectivity index (χ0) is 20.9. The molecule has 0 radical (unpaired) electrons. The van der Waals surface area contributed by atoms with Crippen LogP contribution in [0.15, 0.2) is 46.1 Å². The van der Waals surface area contributed by atoms with Gasteiger partial charge in [-0.1, -0.05) is 13.8 Å². The predicted octanol–water partition coefficient (Wildman–Crippen LogP) is 1.77. The number of carbonyl (C=O) groups is 2. The second-order valence-electron chi connectivity index (χ2n) is 5.96. The molecule has 0 aliphatic heterocycles. The third-order valence-electron chi connectivity index (χ3n) is 4.09. The fraction of sp³-hybridized carbons (Fsp3) is 0.333. The number of furan rings is 1. The average molecular weight is 409 g/mol. The lowest BCUT2D eigenvalue weighted by atomic mass is 10.2. The van der Waals surface area contributed by atoms with E-state index in [4.69, 9.17) is 4.42 Å². The monoisotopic (exact) mass is 409 g/mol. The van der Waals surface area contributed by atoms with Crippen LogP contribution >= 0.6 is 0 Å². The molecule has 2 rings (SSSR count). The maximum Gasteiger partial charge on any atom is 0.255 e. The van der Waals surface area contributed by atoms with Crippen LogP contribution in [-0.2, 0) is 14.8 Å². The Balaban J connectivity index is 2.17. The molecule has 9 nitrogen and oxygen atoms in total. The van der Waals surface area contributed by atoms with Gasteiger partial charge in [-0.15, -0.1) is 0 Å². The Kier molecular flexibility index (Phi) is 6.81. The van der Waals surface area contributed by atoms with Gasteiger partial charge in [0.15, 0.2) is 0 Å². The highest BCUT2D eigenvalue weighted by Crippen LogP contribution is 2.28. The molecule has 1 heterocycles. The number of amides is 2. The first-order chi connectivity index (χ1) is 13.2. The molecule has 0 saturated carbocycles. The fourth-order valence-electron chi connectivity index (χ4n) is 2.47. The lowest BCUT2D eigenvalue weighted by Crippen LogP contribution is -2.41. The number of sulfonamides is 1. The van der Waals surface area contributed by atoms with Gasteiger partial charge in [0.25, 0.3) is 5.91 Å². The molecule has 0 unspecified atom stereocenters. The van der Waals surface area contributed by atoms with E-state index in [1.165, 1.54) is 48.0 Å². The van der Waals surface area contributed by atoms with Crippen LogP contribution in [-0.4, -0.2) is 48.8 Å². The van der Waals surface area contributed by atoms with Gasteiger partial charge >= 0.3 is 0 Å². The van der Waals surface area contributed by atoms with Crippen LogP contribution in [0, 0.1) is 0 Å². The standard InChI is InChI=1S/C18H23N3O6S/c1-4-21(5-2)28(25,26)14-6-7-16(22)15(10-14)20-17(23)12(3)19-18(24)13-8-9-27-11-13/h6-12,22H,4-5H2,1-3H3,(H,19,24)(H,20,23)/t12-/m0/s1. The Morgan fingerprint density at radius 1 is 1.21 bits per heavy atom. The molecule has 0 saturated heterocycles. The highest BCUT2D eigenvalue weighted by Gasteiger charge is 2.24. The van der Waals surface area contributed by atoms with Gasteiger partial charge in [-0.2, -0.15) is 4.31 Å². The maximum atomic E-state index is 12.6. The van der Waals surface area contributed by atoms with Crippen molar-refractivity contribution in [3.05, 3.63) is 42.4 Å². The van der Waals surface area contributed by atoms with Crippen molar-refractivity contribution in [2.24, 2.45) is 0 Å². The first kappa shape index (κ1) is 21.5. The van der Waals surface area contributed by atoms with Gasteiger partial charge in [0, 0.05) is 13.1 Å². The summed E-state index contributed by atoms with van der Waals surface area (Å²) in [5.41, 5.74) is 0.192. The molecule has 0 aliphatic rings. The molecular weight excluding hydrogens is 386 g/mol. The van der Waals surface area contributed by atoms with Crippen LogP contribution in [0.1, 0.15) is 31.1 Å².